The fourth-order valence-corrected chi connectivity index (χ4v) is 2.53. The van der Waals surface area contributed by atoms with Crippen LogP contribution in [0.25, 0.3) is 0 Å². The Morgan fingerprint density at radius 3 is 2.62 bits per heavy atom. The van der Waals surface area contributed by atoms with Crippen molar-refractivity contribution >= 4 is 33.8 Å². The molecule has 0 aromatic heterocycles. The molecule has 126 valence electrons. The predicted molar refractivity (Wildman–Crippen MR) is 96.1 cm³/mol. The maximum atomic E-state index is 12.1. The van der Waals surface area contributed by atoms with E-state index in [2.05, 4.69) is 21.2 Å². The molecule has 5 nitrogen and oxygen atoms in total. The highest BCUT2D eigenvalue weighted by Gasteiger charge is 2.12. The van der Waals surface area contributed by atoms with Gasteiger partial charge in [0.25, 0.3) is 5.91 Å². The fourth-order valence-electron chi connectivity index (χ4n) is 2.11. The van der Waals surface area contributed by atoms with Gasteiger partial charge in [0.2, 0.25) is 0 Å². The van der Waals surface area contributed by atoms with E-state index in [9.17, 15) is 9.59 Å². The Morgan fingerprint density at radius 2 is 1.96 bits per heavy atom. The molecule has 2 aromatic rings. The summed E-state index contributed by atoms with van der Waals surface area (Å²) in [5, 5.41) is 2.82. The Kier molecular flexibility index (Phi) is 5.98. The number of carbonyl (C=O) groups excluding carboxylic acids is 2. The Labute approximate surface area is 149 Å². The molecule has 0 saturated carbocycles. The summed E-state index contributed by atoms with van der Waals surface area (Å²) >= 11 is 3.28. The third kappa shape index (κ3) is 4.35. The van der Waals surface area contributed by atoms with Gasteiger partial charge >= 0.3 is 0 Å². The number of benzene rings is 2. The van der Waals surface area contributed by atoms with Crippen LogP contribution >= 0.6 is 15.9 Å². The van der Waals surface area contributed by atoms with Crippen LogP contribution in [0.5, 0.6) is 11.5 Å². The summed E-state index contributed by atoms with van der Waals surface area (Å²) < 4.78 is 11.3. The molecule has 0 radical (unpaired) electrons. The molecule has 2 rings (SSSR count). The summed E-state index contributed by atoms with van der Waals surface area (Å²) in [6.07, 6.45) is 0.701. The zero-order valence-electron chi connectivity index (χ0n) is 13.7. The zero-order chi connectivity index (χ0) is 17.7. The topological polar surface area (TPSA) is 64.6 Å². The van der Waals surface area contributed by atoms with Gasteiger partial charge in [-0.2, -0.15) is 0 Å². The van der Waals surface area contributed by atoms with Crippen molar-refractivity contribution in [3.05, 3.63) is 51.5 Å². The summed E-state index contributed by atoms with van der Waals surface area (Å²) in [6, 6.07) is 8.98. The number of ether oxygens (including phenoxy) is 2. The molecule has 0 bridgehead atoms. The molecule has 0 heterocycles. The highest BCUT2D eigenvalue weighted by atomic mass is 79.9. The smallest absolute Gasteiger partial charge is 0.262 e. The van der Waals surface area contributed by atoms with Crippen LogP contribution in [0, 0.1) is 13.8 Å². The number of hydrogen-bond acceptors (Lipinski definition) is 4. The molecule has 1 amide bonds. The van der Waals surface area contributed by atoms with Crippen molar-refractivity contribution in [1.29, 1.82) is 0 Å². The van der Waals surface area contributed by atoms with E-state index >= 15 is 0 Å². The minimum absolute atomic E-state index is 0.191. The lowest BCUT2D eigenvalue weighted by molar-refractivity contribution is -0.118. The maximum absolute atomic E-state index is 12.1. The van der Waals surface area contributed by atoms with E-state index in [0.29, 0.717) is 27.8 Å². The van der Waals surface area contributed by atoms with Crippen LogP contribution in [-0.4, -0.2) is 25.9 Å². The predicted octanol–water partition coefficient (Wildman–Crippen LogP) is 3.90. The molecule has 0 fully saturated rings. The van der Waals surface area contributed by atoms with Gasteiger partial charge in [0.05, 0.1) is 7.11 Å². The Balaban J connectivity index is 2.08. The van der Waals surface area contributed by atoms with E-state index in [4.69, 9.17) is 9.47 Å². The molecule has 6 heteroatoms. The standard InChI is InChI=1S/C18H18BrNO4/c1-11-4-5-12(2)15(6-11)20-18(22)10-24-17-7-13(9-21)14(19)8-16(17)23-3/h4-9H,10H2,1-3H3,(H,20,22). The van der Waals surface area contributed by atoms with E-state index in [1.807, 2.05) is 32.0 Å². The van der Waals surface area contributed by atoms with Crippen LogP contribution < -0.4 is 14.8 Å². The van der Waals surface area contributed by atoms with Gasteiger partial charge in [-0.1, -0.05) is 12.1 Å². The van der Waals surface area contributed by atoms with Gasteiger partial charge in [-0.15, -0.1) is 0 Å². The molecule has 0 aliphatic carbocycles. The van der Waals surface area contributed by atoms with Gasteiger partial charge in [0.15, 0.2) is 24.4 Å². The molecule has 2 aromatic carbocycles. The third-order valence-corrected chi connectivity index (χ3v) is 4.12. The summed E-state index contributed by atoms with van der Waals surface area (Å²) in [5.41, 5.74) is 3.20. The normalized spacial score (nSPS) is 10.2. The highest BCUT2D eigenvalue weighted by molar-refractivity contribution is 9.10. The number of carbonyl (C=O) groups is 2. The number of halogens is 1. The number of aryl methyl sites for hydroxylation is 2. The molecule has 0 aliphatic heterocycles. The largest absolute Gasteiger partial charge is 0.493 e. The van der Waals surface area contributed by atoms with Gasteiger partial charge in [-0.25, -0.2) is 0 Å². The average molecular weight is 392 g/mol. The number of amides is 1. The van der Waals surface area contributed by atoms with Crippen LogP contribution in [0.1, 0.15) is 21.5 Å². The molecular weight excluding hydrogens is 374 g/mol. The number of nitrogens with one attached hydrogen (secondary N) is 1. The molecule has 24 heavy (non-hydrogen) atoms. The minimum atomic E-state index is -0.290. The maximum Gasteiger partial charge on any atom is 0.262 e. The molecule has 1 N–H and O–H groups in total. The molecule has 0 saturated heterocycles. The molecule has 0 atom stereocenters. The van der Waals surface area contributed by atoms with E-state index in [1.165, 1.54) is 13.2 Å². The second-order valence-corrected chi connectivity index (χ2v) is 6.15. The number of aldehydes is 1. The highest BCUT2D eigenvalue weighted by Crippen LogP contribution is 2.32. The van der Waals surface area contributed by atoms with Crippen LogP contribution in [-0.2, 0) is 4.79 Å². The van der Waals surface area contributed by atoms with Crippen LogP contribution in [0.3, 0.4) is 0 Å². The van der Waals surface area contributed by atoms with Gasteiger partial charge in [0.1, 0.15) is 0 Å². The second kappa shape index (κ2) is 7.97. The lowest BCUT2D eigenvalue weighted by Gasteiger charge is -2.13. The van der Waals surface area contributed by atoms with Crippen molar-refractivity contribution in [2.24, 2.45) is 0 Å². The van der Waals surface area contributed by atoms with E-state index in [1.54, 1.807) is 6.07 Å². The van der Waals surface area contributed by atoms with Gasteiger partial charge in [-0.05, 0) is 59.1 Å². The van der Waals surface area contributed by atoms with E-state index < -0.39 is 0 Å². The average Bonchev–Trinajstić information content (AvgIpc) is 2.56. The lowest BCUT2D eigenvalue weighted by Crippen LogP contribution is -2.21. The first-order valence-electron chi connectivity index (χ1n) is 7.27. The number of hydrogen-bond donors (Lipinski definition) is 1. The zero-order valence-corrected chi connectivity index (χ0v) is 15.3. The van der Waals surface area contributed by atoms with Crippen molar-refractivity contribution < 1.29 is 19.1 Å². The van der Waals surface area contributed by atoms with Crippen molar-refractivity contribution in [2.75, 3.05) is 19.0 Å². The summed E-state index contributed by atoms with van der Waals surface area (Å²) in [5.74, 6) is 0.479. The number of rotatable bonds is 6. The molecule has 0 unspecified atom stereocenters. The summed E-state index contributed by atoms with van der Waals surface area (Å²) in [4.78, 5) is 23.1. The number of anilines is 1. The Morgan fingerprint density at radius 1 is 1.21 bits per heavy atom. The first kappa shape index (κ1) is 18.0. The van der Waals surface area contributed by atoms with Gasteiger partial charge in [0, 0.05) is 15.7 Å². The Hall–Kier alpha value is -2.34. The van der Waals surface area contributed by atoms with Crippen molar-refractivity contribution in [2.45, 2.75) is 13.8 Å². The SMILES string of the molecule is COc1cc(Br)c(C=O)cc1OCC(=O)Nc1cc(C)ccc1C. The van der Waals surface area contributed by atoms with Crippen LogP contribution in [0.4, 0.5) is 5.69 Å². The number of methoxy groups -OCH3 is 1. The second-order valence-electron chi connectivity index (χ2n) is 5.30. The quantitative estimate of drug-likeness (QED) is 0.758. The first-order chi connectivity index (χ1) is 11.4. The summed E-state index contributed by atoms with van der Waals surface area (Å²) in [6.45, 7) is 3.69. The monoisotopic (exact) mass is 391 g/mol. The first-order valence-corrected chi connectivity index (χ1v) is 8.06. The minimum Gasteiger partial charge on any atom is -0.493 e. The van der Waals surface area contributed by atoms with Crippen molar-refractivity contribution in [1.82, 2.24) is 0 Å². The summed E-state index contributed by atoms with van der Waals surface area (Å²) in [7, 11) is 1.49. The van der Waals surface area contributed by atoms with Crippen LogP contribution in [0.15, 0.2) is 34.8 Å². The van der Waals surface area contributed by atoms with Crippen molar-refractivity contribution in [3.8, 4) is 11.5 Å². The Bertz CT molecular complexity index is 774. The van der Waals surface area contributed by atoms with Crippen molar-refractivity contribution in [3.63, 3.8) is 0 Å². The van der Waals surface area contributed by atoms with E-state index in [-0.39, 0.29) is 12.5 Å². The molecule has 0 spiro atoms. The lowest BCUT2D eigenvalue weighted by atomic mass is 10.1. The molecular formula is C18H18BrNO4. The fraction of sp³-hybridized carbons (Fsp3) is 0.222. The molecule has 0 aliphatic rings. The van der Waals surface area contributed by atoms with Crippen LogP contribution in [0.2, 0.25) is 0 Å². The van der Waals surface area contributed by atoms with Gasteiger partial charge < -0.3 is 14.8 Å². The van der Waals surface area contributed by atoms with E-state index in [0.717, 1.165) is 16.8 Å². The third-order valence-electron chi connectivity index (χ3n) is 3.44. The van der Waals surface area contributed by atoms with Gasteiger partial charge in [-0.3, -0.25) is 9.59 Å².